The van der Waals surface area contributed by atoms with Crippen molar-refractivity contribution in [1.82, 2.24) is 4.90 Å². The van der Waals surface area contributed by atoms with Crippen LogP contribution >= 0.6 is 22.9 Å². The Morgan fingerprint density at radius 2 is 2.33 bits per heavy atom. The number of nitriles is 1. The largest absolute Gasteiger partial charge is 0.293 e. The molecule has 0 N–H and O–H groups in total. The first-order valence-electron chi connectivity index (χ1n) is 4.93. The summed E-state index contributed by atoms with van der Waals surface area (Å²) >= 11 is 7.58. The van der Waals surface area contributed by atoms with E-state index in [4.69, 9.17) is 16.9 Å². The van der Waals surface area contributed by atoms with Gasteiger partial charge in [0.05, 0.1) is 6.07 Å². The smallest absolute Gasteiger partial charge is 0.133 e. The molecule has 1 atom stereocenters. The summed E-state index contributed by atoms with van der Waals surface area (Å²) in [5.41, 5.74) is 0. The van der Waals surface area contributed by atoms with Crippen molar-refractivity contribution in [3.63, 3.8) is 0 Å². The molecule has 4 heteroatoms. The highest BCUT2D eigenvalue weighted by Crippen LogP contribution is 2.15. The molecule has 0 fully saturated rings. The van der Waals surface area contributed by atoms with E-state index in [2.05, 4.69) is 36.3 Å². The molecule has 0 saturated heterocycles. The van der Waals surface area contributed by atoms with Crippen LogP contribution in [-0.2, 0) is 6.54 Å². The molecule has 15 heavy (non-hydrogen) atoms. The van der Waals surface area contributed by atoms with Crippen LogP contribution in [-0.4, -0.2) is 22.9 Å². The standard InChI is InChI=1S/C11H15ClN2S/c1-9(2)14(7-10(12)6-13)8-11-4-3-5-15-11/h3-5,9-10H,7-8H2,1-2H3. The maximum Gasteiger partial charge on any atom is 0.133 e. The zero-order valence-electron chi connectivity index (χ0n) is 8.98. The molecule has 0 aliphatic rings. The molecule has 1 aromatic rings. The molecule has 1 rings (SSSR count). The first-order chi connectivity index (χ1) is 7.13. The van der Waals surface area contributed by atoms with Gasteiger partial charge >= 0.3 is 0 Å². The van der Waals surface area contributed by atoms with Crippen molar-refractivity contribution >= 4 is 22.9 Å². The Balaban J connectivity index is 2.56. The van der Waals surface area contributed by atoms with Crippen molar-refractivity contribution in [3.05, 3.63) is 22.4 Å². The van der Waals surface area contributed by atoms with Crippen molar-refractivity contribution in [2.24, 2.45) is 0 Å². The van der Waals surface area contributed by atoms with E-state index >= 15 is 0 Å². The van der Waals surface area contributed by atoms with E-state index in [0.717, 1.165) is 6.54 Å². The van der Waals surface area contributed by atoms with Gasteiger partial charge in [0, 0.05) is 24.0 Å². The lowest BCUT2D eigenvalue weighted by molar-refractivity contribution is 0.221. The Morgan fingerprint density at radius 1 is 1.60 bits per heavy atom. The summed E-state index contributed by atoms with van der Waals surface area (Å²) in [5.74, 6) is 0. The first-order valence-corrected chi connectivity index (χ1v) is 6.25. The Hall–Kier alpha value is -0.560. The minimum atomic E-state index is -0.424. The normalized spacial score (nSPS) is 13.1. The van der Waals surface area contributed by atoms with E-state index in [1.54, 1.807) is 11.3 Å². The summed E-state index contributed by atoms with van der Waals surface area (Å²) in [4.78, 5) is 3.53. The quantitative estimate of drug-likeness (QED) is 0.742. The fraction of sp³-hybridized carbons (Fsp3) is 0.545. The summed E-state index contributed by atoms with van der Waals surface area (Å²) in [6, 6.07) is 6.61. The predicted molar refractivity (Wildman–Crippen MR) is 65.1 cm³/mol. The predicted octanol–water partition coefficient (Wildman–Crippen LogP) is 3.09. The van der Waals surface area contributed by atoms with Gasteiger partial charge in [-0.05, 0) is 25.3 Å². The SMILES string of the molecule is CC(C)N(Cc1cccs1)CC(Cl)C#N. The van der Waals surface area contributed by atoms with E-state index in [1.807, 2.05) is 6.07 Å². The van der Waals surface area contributed by atoms with Crippen LogP contribution in [0.3, 0.4) is 0 Å². The van der Waals surface area contributed by atoms with E-state index in [1.165, 1.54) is 4.88 Å². The maximum atomic E-state index is 8.69. The van der Waals surface area contributed by atoms with Gasteiger partial charge in [0.15, 0.2) is 0 Å². The highest BCUT2D eigenvalue weighted by molar-refractivity contribution is 7.09. The lowest BCUT2D eigenvalue weighted by atomic mass is 10.2. The molecule has 0 saturated carbocycles. The van der Waals surface area contributed by atoms with Gasteiger partial charge in [0.2, 0.25) is 0 Å². The van der Waals surface area contributed by atoms with Crippen LogP contribution in [0.25, 0.3) is 0 Å². The summed E-state index contributed by atoms with van der Waals surface area (Å²) in [6.07, 6.45) is 0. The molecule has 0 aromatic carbocycles. The number of nitrogens with zero attached hydrogens (tertiary/aromatic N) is 2. The van der Waals surface area contributed by atoms with Crippen LogP contribution in [0.2, 0.25) is 0 Å². The van der Waals surface area contributed by atoms with Crippen LogP contribution in [0.1, 0.15) is 18.7 Å². The Kier molecular flexibility index (Phi) is 5.10. The van der Waals surface area contributed by atoms with Gasteiger partial charge in [-0.3, -0.25) is 4.90 Å². The number of halogens is 1. The molecule has 0 amide bonds. The van der Waals surface area contributed by atoms with Crippen LogP contribution in [0.15, 0.2) is 17.5 Å². The van der Waals surface area contributed by atoms with Crippen molar-refractivity contribution in [1.29, 1.82) is 5.26 Å². The highest BCUT2D eigenvalue weighted by Gasteiger charge is 2.14. The van der Waals surface area contributed by atoms with Crippen LogP contribution in [0.5, 0.6) is 0 Å². The second-order valence-electron chi connectivity index (χ2n) is 3.70. The summed E-state index contributed by atoms with van der Waals surface area (Å²) in [7, 11) is 0. The molecule has 82 valence electrons. The molecule has 0 aliphatic carbocycles. The number of hydrogen-bond donors (Lipinski definition) is 0. The van der Waals surface area contributed by atoms with E-state index in [-0.39, 0.29) is 0 Å². The Bertz CT molecular complexity index is 316. The third kappa shape index (κ3) is 4.21. The highest BCUT2D eigenvalue weighted by atomic mass is 35.5. The number of hydrogen-bond acceptors (Lipinski definition) is 3. The van der Waals surface area contributed by atoms with Crippen LogP contribution < -0.4 is 0 Å². The van der Waals surface area contributed by atoms with Gasteiger partial charge < -0.3 is 0 Å². The van der Waals surface area contributed by atoms with Gasteiger partial charge in [0.25, 0.3) is 0 Å². The third-order valence-corrected chi connectivity index (χ3v) is 3.30. The van der Waals surface area contributed by atoms with Crippen molar-refractivity contribution in [2.75, 3.05) is 6.54 Å². The minimum Gasteiger partial charge on any atom is -0.293 e. The molecule has 1 unspecified atom stereocenters. The zero-order valence-corrected chi connectivity index (χ0v) is 10.6. The van der Waals surface area contributed by atoms with E-state index in [9.17, 15) is 0 Å². The maximum absolute atomic E-state index is 8.69. The summed E-state index contributed by atoms with van der Waals surface area (Å²) in [5, 5.41) is 10.3. The van der Waals surface area contributed by atoms with Crippen molar-refractivity contribution in [3.8, 4) is 6.07 Å². The molecular formula is C11H15ClN2S. The number of alkyl halides is 1. The molecule has 0 aliphatic heterocycles. The van der Waals surface area contributed by atoms with Crippen molar-refractivity contribution in [2.45, 2.75) is 31.8 Å². The van der Waals surface area contributed by atoms with Crippen LogP contribution in [0, 0.1) is 11.3 Å². The average Bonchev–Trinajstić information content (AvgIpc) is 2.69. The fourth-order valence-electron chi connectivity index (χ4n) is 1.31. The van der Waals surface area contributed by atoms with Gasteiger partial charge in [-0.15, -0.1) is 22.9 Å². The number of thiophene rings is 1. The zero-order chi connectivity index (χ0) is 11.3. The lowest BCUT2D eigenvalue weighted by Crippen LogP contribution is -2.34. The van der Waals surface area contributed by atoms with Crippen molar-refractivity contribution < 1.29 is 0 Å². The monoisotopic (exact) mass is 242 g/mol. The van der Waals surface area contributed by atoms with Gasteiger partial charge in [-0.1, -0.05) is 6.07 Å². The minimum absolute atomic E-state index is 0.404. The summed E-state index contributed by atoms with van der Waals surface area (Å²) in [6.45, 7) is 5.73. The van der Waals surface area contributed by atoms with Crippen LogP contribution in [0.4, 0.5) is 0 Å². The summed E-state index contributed by atoms with van der Waals surface area (Å²) < 4.78 is 0. The first kappa shape index (κ1) is 12.5. The molecular weight excluding hydrogens is 228 g/mol. The second kappa shape index (κ2) is 6.12. The second-order valence-corrected chi connectivity index (χ2v) is 5.26. The topological polar surface area (TPSA) is 27.0 Å². The molecule has 2 nitrogen and oxygen atoms in total. The Morgan fingerprint density at radius 3 is 2.80 bits per heavy atom. The molecule has 0 radical (unpaired) electrons. The Labute approximate surface area is 100 Å². The van der Waals surface area contributed by atoms with Gasteiger partial charge in [-0.25, -0.2) is 0 Å². The number of rotatable bonds is 5. The van der Waals surface area contributed by atoms with Gasteiger partial charge in [0.1, 0.15) is 5.38 Å². The van der Waals surface area contributed by atoms with E-state index < -0.39 is 5.38 Å². The van der Waals surface area contributed by atoms with Gasteiger partial charge in [-0.2, -0.15) is 5.26 Å². The molecule has 0 spiro atoms. The average molecular weight is 243 g/mol. The lowest BCUT2D eigenvalue weighted by Gasteiger charge is -2.26. The molecule has 0 bridgehead atoms. The fourth-order valence-corrected chi connectivity index (χ4v) is 2.21. The van der Waals surface area contributed by atoms with E-state index in [0.29, 0.717) is 12.6 Å². The molecule has 1 heterocycles. The molecule has 1 aromatic heterocycles. The third-order valence-electron chi connectivity index (χ3n) is 2.20.